The van der Waals surface area contributed by atoms with Crippen LogP contribution in [0, 0.1) is 18.5 Å². The van der Waals surface area contributed by atoms with E-state index < -0.39 is 11.9 Å². The molecule has 0 aliphatic heterocycles. The van der Waals surface area contributed by atoms with Crippen molar-refractivity contribution in [3.05, 3.63) is 59.1 Å². The number of carbonyl (C=O) groups excluding carboxylic acids is 2. The maximum absolute atomic E-state index is 13.0. The number of anilines is 1. The third kappa shape index (κ3) is 6.16. The van der Waals surface area contributed by atoms with Crippen LogP contribution in [-0.2, 0) is 22.4 Å². The zero-order valence-electron chi connectivity index (χ0n) is 18.0. The van der Waals surface area contributed by atoms with Crippen LogP contribution in [0.25, 0.3) is 6.08 Å². The number of nitriles is 1. The fraction of sp³-hybridized carbons (Fsp3) is 0.292. The van der Waals surface area contributed by atoms with Crippen LogP contribution in [0.5, 0.6) is 5.75 Å². The Morgan fingerprint density at radius 1 is 1.27 bits per heavy atom. The Labute approximate surface area is 224 Å². The lowest BCUT2D eigenvalue weighted by atomic mass is 9.95. The van der Waals surface area contributed by atoms with Crippen molar-refractivity contribution in [1.82, 2.24) is 0 Å². The first kappa shape index (κ1) is 25.7. The molecule has 0 atom stereocenters. The first-order valence-electron chi connectivity index (χ1n) is 10.4. The molecule has 9 heteroatoms. The fourth-order valence-electron chi connectivity index (χ4n) is 3.50. The topological polar surface area (TPSA) is 88.4 Å². The molecule has 0 bridgehead atoms. The van der Waals surface area contributed by atoms with Gasteiger partial charge < -0.3 is 14.8 Å². The lowest BCUT2D eigenvalue weighted by molar-refractivity contribution is -0.112. The van der Waals surface area contributed by atoms with E-state index in [1.54, 1.807) is 13.0 Å². The summed E-state index contributed by atoms with van der Waals surface area (Å²) in [5.41, 5.74) is 2.04. The Morgan fingerprint density at radius 2 is 1.97 bits per heavy atom. The third-order valence-electron chi connectivity index (χ3n) is 4.92. The lowest BCUT2D eigenvalue weighted by Gasteiger charge is -2.12. The summed E-state index contributed by atoms with van der Waals surface area (Å²) in [4.78, 5) is 26.7. The van der Waals surface area contributed by atoms with Crippen molar-refractivity contribution in [3.63, 3.8) is 0 Å². The van der Waals surface area contributed by atoms with Gasteiger partial charge in [-0.15, -0.1) is 11.3 Å². The second kappa shape index (κ2) is 12.0. The monoisotopic (exact) mass is 688 g/mol. The highest BCUT2D eigenvalue weighted by Crippen LogP contribution is 2.39. The largest absolute Gasteiger partial charge is 0.487 e. The molecule has 3 rings (SSSR count). The Kier molecular flexibility index (Phi) is 9.34. The van der Waals surface area contributed by atoms with Gasteiger partial charge in [0.05, 0.1) is 19.3 Å². The number of thiophene rings is 1. The summed E-state index contributed by atoms with van der Waals surface area (Å²) in [5.74, 6) is -0.257. The Hall–Kier alpha value is -1.91. The zero-order valence-corrected chi connectivity index (χ0v) is 23.1. The van der Waals surface area contributed by atoms with Gasteiger partial charge in [-0.2, -0.15) is 5.26 Å². The normalized spacial score (nSPS) is 13.0. The number of ether oxygens (including phenoxy) is 2. The first-order chi connectivity index (χ1) is 15.9. The van der Waals surface area contributed by atoms with E-state index in [1.165, 1.54) is 17.4 Å². The van der Waals surface area contributed by atoms with E-state index in [1.807, 2.05) is 18.2 Å². The summed E-state index contributed by atoms with van der Waals surface area (Å²) >= 11 is 5.72. The van der Waals surface area contributed by atoms with E-state index >= 15 is 0 Å². The summed E-state index contributed by atoms with van der Waals surface area (Å²) in [6.07, 6.45) is 6.92. The summed E-state index contributed by atoms with van der Waals surface area (Å²) < 4.78 is 12.6. The Bertz CT molecular complexity index is 1140. The van der Waals surface area contributed by atoms with E-state index in [9.17, 15) is 14.9 Å². The maximum Gasteiger partial charge on any atom is 0.341 e. The van der Waals surface area contributed by atoms with Gasteiger partial charge in [-0.25, -0.2) is 4.79 Å². The first-order valence-corrected chi connectivity index (χ1v) is 13.3. The highest BCUT2D eigenvalue weighted by molar-refractivity contribution is 14.1. The molecule has 0 saturated heterocycles. The van der Waals surface area contributed by atoms with Gasteiger partial charge in [0.25, 0.3) is 5.91 Å². The van der Waals surface area contributed by atoms with Crippen molar-refractivity contribution >= 4 is 79.5 Å². The minimum atomic E-state index is -0.557. The number of halogens is 2. The van der Waals surface area contributed by atoms with Gasteiger partial charge in [-0.1, -0.05) is 12.7 Å². The van der Waals surface area contributed by atoms with Gasteiger partial charge >= 0.3 is 5.97 Å². The van der Waals surface area contributed by atoms with Crippen LogP contribution in [0.3, 0.4) is 0 Å². The molecule has 2 aromatic rings. The molecule has 1 aromatic heterocycles. The Morgan fingerprint density at radius 3 is 2.61 bits per heavy atom. The second-order valence-electron chi connectivity index (χ2n) is 7.17. The lowest BCUT2D eigenvalue weighted by Crippen LogP contribution is -2.16. The van der Waals surface area contributed by atoms with Crippen LogP contribution in [0.4, 0.5) is 5.00 Å². The van der Waals surface area contributed by atoms with Crippen LogP contribution in [0.1, 0.15) is 46.1 Å². The van der Waals surface area contributed by atoms with E-state index in [0.717, 1.165) is 49.0 Å². The van der Waals surface area contributed by atoms with E-state index in [4.69, 9.17) is 9.47 Å². The number of carbonyl (C=O) groups is 2. The van der Waals surface area contributed by atoms with E-state index in [-0.39, 0.29) is 12.2 Å². The average molecular weight is 688 g/mol. The van der Waals surface area contributed by atoms with Gasteiger partial charge in [-0.3, -0.25) is 4.79 Å². The molecule has 6 nitrogen and oxygen atoms in total. The van der Waals surface area contributed by atoms with Gasteiger partial charge in [0.2, 0.25) is 0 Å². The van der Waals surface area contributed by atoms with Gasteiger partial charge in [-0.05, 0) is 107 Å². The minimum Gasteiger partial charge on any atom is -0.487 e. The summed E-state index contributed by atoms with van der Waals surface area (Å²) in [7, 11) is 0. The smallest absolute Gasteiger partial charge is 0.341 e. The minimum absolute atomic E-state index is 0.0532. The molecular formula is C24H22I2N2O4S. The molecule has 33 heavy (non-hydrogen) atoms. The van der Waals surface area contributed by atoms with Crippen LogP contribution in [0.2, 0.25) is 0 Å². The molecule has 1 aliphatic carbocycles. The average Bonchev–Trinajstić information content (AvgIpc) is 3.14. The van der Waals surface area contributed by atoms with Crippen LogP contribution in [0.15, 0.2) is 30.4 Å². The molecule has 0 radical (unpaired) electrons. The van der Waals surface area contributed by atoms with Crippen molar-refractivity contribution in [3.8, 4) is 11.8 Å². The Balaban J connectivity index is 1.90. The number of aryl methyl sites for hydroxylation is 1. The highest BCUT2D eigenvalue weighted by Gasteiger charge is 2.27. The number of fused-ring (bicyclic) bond motifs is 1. The van der Waals surface area contributed by atoms with Crippen LogP contribution in [-0.4, -0.2) is 25.1 Å². The standard InChI is InChI=1S/C24H22I2N2O4S/c1-3-9-32-21-17(25)11-14(12-18(21)26)10-15(13-27)22(29)28-23-20(24(30)31-4-2)16-7-5-6-8-19(16)33-23/h3,10-12H,1,4-9H2,2H3,(H,28,29)/b15-10+. The number of nitrogens with one attached hydrogen (secondary N) is 1. The fourth-order valence-corrected chi connectivity index (χ4v) is 6.90. The number of amides is 1. The van der Waals surface area contributed by atoms with Crippen molar-refractivity contribution in [2.45, 2.75) is 32.6 Å². The molecule has 1 heterocycles. The molecular weight excluding hydrogens is 666 g/mol. The summed E-state index contributed by atoms with van der Waals surface area (Å²) in [6.45, 7) is 6.05. The molecule has 1 amide bonds. The molecule has 1 N–H and O–H groups in total. The molecule has 1 aliphatic rings. The highest BCUT2D eigenvalue weighted by atomic mass is 127. The van der Waals surface area contributed by atoms with Crippen molar-refractivity contribution in [2.24, 2.45) is 0 Å². The van der Waals surface area contributed by atoms with E-state index in [0.29, 0.717) is 22.7 Å². The number of hydrogen-bond donors (Lipinski definition) is 1. The van der Waals surface area contributed by atoms with Crippen LogP contribution >= 0.6 is 56.5 Å². The number of rotatable bonds is 8. The second-order valence-corrected chi connectivity index (χ2v) is 10.6. The van der Waals surface area contributed by atoms with Gasteiger partial charge in [0.1, 0.15) is 29.0 Å². The van der Waals surface area contributed by atoms with Crippen molar-refractivity contribution in [2.75, 3.05) is 18.5 Å². The van der Waals surface area contributed by atoms with Crippen molar-refractivity contribution < 1.29 is 19.1 Å². The quantitative estimate of drug-likeness (QED) is 0.119. The third-order valence-corrected chi connectivity index (χ3v) is 7.73. The van der Waals surface area contributed by atoms with Gasteiger partial charge in [0.15, 0.2) is 0 Å². The number of nitrogens with zero attached hydrogens (tertiary/aromatic N) is 1. The van der Waals surface area contributed by atoms with E-state index in [2.05, 4.69) is 57.1 Å². The molecule has 1 aromatic carbocycles. The zero-order chi connectivity index (χ0) is 24.0. The van der Waals surface area contributed by atoms with Gasteiger partial charge in [0, 0.05) is 4.88 Å². The summed E-state index contributed by atoms with van der Waals surface area (Å²) in [5, 5.41) is 12.9. The molecule has 0 fully saturated rings. The molecule has 172 valence electrons. The predicted octanol–water partition coefficient (Wildman–Crippen LogP) is 6.12. The summed E-state index contributed by atoms with van der Waals surface area (Å²) in [6, 6.07) is 5.68. The molecule has 0 unspecified atom stereocenters. The molecule has 0 saturated carbocycles. The number of benzene rings is 1. The van der Waals surface area contributed by atoms with Crippen LogP contribution < -0.4 is 10.1 Å². The van der Waals surface area contributed by atoms with Crippen molar-refractivity contribution in [1.29, 1.82) is 5.26 Å². The predicted molar refractivity (Wildman–Crippen MR) is 147 cm³/mol. The number of esters is 1. The number of hydrogen-bond acceptors (Lipinski definition) is 6. The maximum atomic E-state index is 13.0. The SMILES string of the molecule is C=CCOc1c(I)cc(/C=C(\C#N)C(=O)Nc2sc3c(c2C(=O)OCC)CCCC3)cc1I. The molecule has 0 spiro atoms.